The van der Waals surface area contributed by atoms with E-state index in [1.165, 1.54) is 52.2 Å². The van der Waals surface area contributed by atoms with Crippen LogP contribution in [0.4, 0.5) is 0 Å². The summed E-state index contributed by atoms with van der Waals surface area (Å²) >= 11 is 5.53. The van der Waals surface area contributed by atoms with Crippen molar-refractivity contribution in [1.29, 1.82) is 0 Å². The number of hydrogen-bond acceptors (Lipinski definition) is 10. The first-order chi connectivity index (χ1) is 18.7. The van der Waals surface area contributed by atoms with E-state index < -0.39 is 12.1 Å². The minimum Gasteiger partial charge on any atom is -0.493 e. The number of fused-ring (bicyclic) bond motifs is 1. The third-order valence-electron chi connectivity index (χ3n) is 6.40. The molecule has 0 radical (unpaired) electrons. The van der Waals surface area contributed by atoms with Crippen LogP contribution in [-0.2, 0) is 11.3 Å². The minimum absolute atomic E-state index is 0.0329. The van der Waals surface area contributed by atoms with Crippen molar-refractivity contribution in [3.63, 3.8) is 0 Å². The highest BCUT2D eigenvalue weighted by Crippen LogP contribution is 2.38. The first-order valence-electron chi connectivity index (χ1n) is 12.4. The number of nitrogens with zero attached hydrogens (tertiary/aromatic N) is 2. The highest BCUT2D eigenvalue weighted by molar-refractivity contribution is 7.71. The van der Waals surface area contributed by atoms with Crippen molar-refractivity contribution in [2.24, 2.45) is 0 Å². The lowest BCUT2D eigenvalue weighted by molar-refractivity contribution is 0.0158. The van der Waals surface area contributed by atoms with Crippen LogP contribution in [-0.4, -0.2) is 81.7 Å². The Bertz CT molecular complexity index is 1410. The summed E-state index contributed by atoms with van der Waals surface area (Å²) in [5.41, 5.74) is 0.374. The van der Waals surface area contributed by atoms with Crippen LogP contribution in [0.3, 0.4) is 0 Å². The molecule has 1 N–H and O–H groups in total. The highest BCUT2D eigenvalue weighted by atomic mass is 32.1. The number of aromatic amines is 1. The summed E-state index contributed by atoms with van der Waals surface area (Å²) in [7, 11) is 7.42. The second-order valence-electron chi connectivity index (χ2n) is 8.53. The molecule has 212 valence electrons. The van der Waals surface area contributed by atoms with E-state index in [-0.39, 0.29) is 22.4 Å². The van der Waals surface area contributed by atoms with Gasteiger partial charge in [-0.25, -0.2) is 4.79 Å². The van der Waals surface area contributed by atoms with Gasteiger partial charge in [0.1, 0.15) is 6.10 Å². The molecule has 0 spiro atoms. The molecule has 0 aliphatic heterocycles. The predicted molar refractivity (Wildman–Crippen MR) is 150 cm³/mol. The molecule has 0 saturated heterocycles. The first-order valence-corrected chi connectivity index (χ1v) is 12.8. The van der Waals surface area contributed by atoms with Crippen molar-refractivity contribution in [3.8, 4) is 28.7 Å². The Morgan fingerprint density at radius 1 is 0.897 bits per heavy atom. The van der Waals surface area contributed by atoms with E-state index in [0.29, 0.717) is 46.2 Å². The quantitative estimate of drug-likeness (QED) is 0.245. The SMILES string of the molecule is CCN(CC)CC(Cn1c(=S)[nH]c2cc(OC)c(OC)cc2c1=O)OC(=O)c1cc(OC)c(OC)c(OC)c1. The summed E-state index contributed by atoms with van der Waals surface area (Å²) in [4.78, 5) is 32.1. The van der Waals surface area contributed by atoms with Crippen molar-refractivity contribution < 1.29 is 33.2 Å². The zero-order chi connectivity index (χ0) is 28.7. The van der Waals surface area contributed by atoms with E-state index in [1.807, 2.05) is 13.8 Å². The molecule has 1 unspecified atom stereocenters. The van der Waals surface area contributed by atoms with Gasteiger partial charge in [0.2, 0.25) is 5.75 Å². The van der Waals surface area contributed by atoms with Crippen LogP contribution in [0.1, 0.15) is 24.2 Å². The number of carbonyl (C=O) groups excluding carboxylic acids is 1. The van der Waals surface area contributed by atoms with Gasteiger partial charge >= 0.3 is 5.97 Å². The average molecular weight is 562 g/mol. The number of rotatable bonds is 13. The summed E-state index contributed by atoms with van der Waals surface area (Å²) in [6.45, 7) is 5.89. The van der Waals surface area contributed by atoms with E-state index in [2.05, 4.69) is 9.88 Å². The Kier molecular flexibility index (Phi) is 10.2. The number of hydrogen-bond donors (Lipinski definition) is 1. The van der Waals surface area contributed by atoms with Crippen molar-refractivity contribution >= 4 is 29.1 Å². The van der Waals surface area contributed by atoms with Gasteiger partial charge in [-0.15, -0.1) is 0 Å². The maximum Gasteiger partial charge on any atom is 0.338 e. The Labute approximate surface area is 232 Å². The number of nitrogens with one attached hydrogen (secondary N) is 1. The molecule has 3 aromatic rings. The van der Waals surface area contributed by atoms with Crippen LogP contribution < -0.4 is 29.2 Å². The van der Waals surface area contributed by atoms with Crippen molar-refractivity contribution in [2.75, 3.05) is 55.2 Å². The fourth-order valence-electron chi connectivity index (χ4n) is 4.27. The Hall–Kier alpha value is -3.77. The van der Waals surface area contributed by atoms with Crippen molar-refractivity contribution in [3.05, 3.63) is 45.0 Å². The number of benzene rings is 2. The second-order valence-corrected chi connectivity index (χ2v) is 8.91. The molecule has 0 bridgehead atoms. The van der Waals surface area contributed by atoms with Crippen LogP contribution in [0.5, 0.6) is 28.7 Å². The predicted octanol–water partition coefficient (Wildman–Crippen LogP) is 3.67. The smallest absolute Gasteiger partial charge is 0.338 e. The summed E-state index contributed by atoms with van der Waals surface area (Å²) in [5.74, 6) is 1.27. The first kappa shape index (κ1) is 29.8. The lowest BCUT2D eigenvalue weighted by Crippen LogP contribution is -2.40. The monoisotopic (exact) mass is 561 g/mol. The molecular formula is C27H35N3O8S. The van der Waals surface area contributed by atoms with Crippen LogP contribution >= 0.6 is 12.2 Å². The summed E-state index contributed by atoms with van der Waals surface area (Å²) in [5, 5.41) is 0.360. The fourth-order valence-corrected chi connectivity index (χ4v) is 4.54. The molecule has 0 fully saturated rings. The van der Waals surface area contributed by atoms with E-state index in [4.69, 9.17) is 40.6 Å². The van der Waals surface area contributed by atoms with Crippen LogP contribution in [0, 0.1) is 4.77 Å². The van der Waals surface area contributed by atoms with Gasteiger partial charge in [0.05, 0.1) is 58.6 Å². The van der Waals surface area contributed by atoms with Gasteiger partial charge in [0.15, 0.2) is 27.8 Å². The van der Waals surface area contributed by atoms with Gasteiger partial charge in [0, 0.05) is 12.6 Å². The number of carbonyl (C=O) groups is 1. The number of aromatic nitrogens is 2. The molecule has 0 aliphatic rings. The van der Waals surface area contributed by atoms with Gasteiger partial charge in [-0.3, -0.25) is 9.36 Å². The summed E-state index contributed by atoms with van der Waals surface area (Å²) in [6, 6.07) is 6.30. The van der Waals surface area contributed by atoms with Gasteiger partial charge < -0.3 is 38.3 Å². The number of esters is 1. The van der Waals surface area contributed by atoms with Crippen molar-refractivity contribution in [2.45, 2.75) is 26.5 Å². The molecule has 0 amide bonds. The second kappa shape index (κ2) is 13.3. The lowest BCUT2D eigenvalue weighted by atomic mass is 10.1. The van der Waals surface area contributed by atoms with Crippen molar-refractivity contribution in [1.82, 2.24) is 14.5 Å². The minimum atomic E-state index is -0.707. The van der Waals surface area contributed by atoms with E-state index in [0.717, 1.165) is 13.1 Å². The Morgan fingerprint density at radius 3 is 1.97 bits per heavy atom. The molecule has 1 heterocycles. The molecule has 0 aliphatic carbocycles. The zero-order valence-electron chi connectivity index (χ0n) is 23.3. The zero-order valence-corrected chi connectivity index (χ0v) is 24.1. The Morgan fingerprint density at radius 2 is 1.46 bits per heavy atom. The van der Waals surface area contributed by atoms with Gasteiger partial charge in [-0.05, 0) is 43.5 Å². The molecule has 2 aromatic carbocycles. The summed E-state index contributed by atoms with van der Waals surface area (Å²) < 4.78 is 34.3. The molecule has 11 nitrogen and oxygen atoms in total. The molecule has 12 heteroatoms. The number of H-pyrrole nitrogens is 1. The van der Waals surface area contributed by atoms with E-state index in [9.17, 15) is 9.59 Å². The largest absolute Gasteiger partial charge is 0.493 e. The van der Waals surface area contributed by atoms with Crippen LogP contribution in [0.2, 0.25) is 0 Å². The molecule has 1 aromatic heterocycles. The van der Waals surface area contributed by atoms with Gasteiger partial charge in [-0.2, -0.15) is 0 Å². The van der Waals surface area contributed by atoms with Gasteiger partial charge in [0.25, 0.3) is 5.56 Å². The maximum atomic E-state index is 13.5. The van der Waals surface area contributed by atoms with Gasteiger partial charge in [-0.1, -0.05) is 13.8 Å². The normalized spacial score (nSPS) is 11.8. The lowest BCUT2D eigenvalue weighted by Gasteiger charge is -2.26. The van der Waals surface area contributed by atoms with E-state index in [1.54, 1.807) is 12.1 Å². The molecule has 1 atom stereocenters. The fraction of sp³-hybridized carbons (Fsp3) is 0.444. The molecule has 39 heavy (non-hydrogen) atoms. The standard InChI is InChI=1S/C27H35N3O8S/c1-8-29(9-2)14-17(38-26(32)16-10-22(35-5)24(37-7)23(11-16)36-6)15-30-25(31)18-12-20(33-3)21(34-4)13-19(18)28-27(30)39/h10-13,17H,8-9,14-15H2,1-7H3,(H,28,39). The number of ether oxygens (including phenoxy) is 6. The average Bonchev–Trinajstić information content (AvgIpc) is 2.95. The third-order valence-corrected chi connectivity index (χ3v) is 6.73. The van der Waals surface area contributed by atoms with Crippen LogP contribution in [0.25, 0.3) is 10.9 Å². The highest BCUT2D eigenvalue weighted by Gasteiger charge is 2.24. The number of methoxy groups -OCH3 is 5. The molecule has 3 rings (SSSR count). The topological polar surface area (TPSA) is 113 Å². The maximum absolute atomic E-state index is 13.5. The Balaban J connectivity index is 2.03. The number of likely N-dealkylation sites (N-methyl/N-ethyl adjacent to an activating group) is 1. The third kappa shape index (κ3) is 6.45. The summed E-state index contributed by atoms with van der Waals surface area (Å²) in [6.07, 6.45) is -0.707. The van der Waals surface area contributed by atoms with Crippen LogP contribution in [0.15, 0.2) is 29.1 Å². The molecular weight excluding hydrogens is 526 g/mol. The molecule has 0 saturated carbocycles. The van der Waals surface area contributed by atoms with E-state index >= 15 is 0 Å².